The number of aromatic amines is 1. The van der Waals surface area contributed by atoms with Crippen molar-refractivity contribution in [3.63, 3.8) is 0 Å². The Bertz CT molecular complexity index is 1060. The Morgan fingerprint density at radius 3 is 2.81 bits per heavy atom. The number of methoxy groups -OCH3 is 1. The van der Waals surface area contributed by atoms with E-state index in [0.29, 0.717) is 47.4 Å². The lowest BCUT2D eigenvalue weighted by atomic mass is 9.93. The van der Waals surface area contributed by atoms with E-state index >= 15 is 0 Å². The minimum atomic E-state index is -0.264. The van der Waals surface area contributed by atoms with Crippen molar-refractivity contribution < 1.29 is 18.7 Å². The van der Waals surface area contributed by atoms with Gasteiger partial charge in [-0.1, -0.05) is 11.6 Å². The lowest BCUT2D eigenvalue weighted by molar-refractivity contribution is 0.0708. The Labute approximate surface area is 184 Å². The van der Waals surface area contributed by atoms with Gasteiger partial charge in [0, 0.05) is 29.7 Å². The molecule has 2 aromatic heterocycles. The quantitative estimate of drug-likeness (QED) is 0.607. The van der Waals surface area contributed by atoms with E-state index < -0.39 is 0 Å². The van der Waals surface area contributed by atoms with Gasteiger partial charge in [-0.25, -0.2) is 0 Å². The van der Waals surface area contributed by atoms with Crippen molar-refractivity contribution in [2.75, 3.05) is 20.2 Å². The summed E-state index contributed by atoms with van der Waals surface area (Å²) >= 11 is 6.06. The van der Waals surface area contributed by atoms with Crippen LogP contribution in [0.3, 0.4) is 0 Å². The minimum absolute atomic E-state index is 0.0968. The summed E-state index contributed by atoms with van der Waals surface area (Å²) in [4.78, 5) is 27.1. The average Bonchev–Trinajstić information content (AvgIpc) is 3.49. The van der Waals surface area contributed by atoms with Crippen LogP contribution in [0.15, 0.2) is 47.1 Å². The molecule has 0 bridgehead atoms. The minimum Gasteiger partial charge on any atom is -0.496 e. The van der Waals surface area contributed by atoms with E-state index in [1.165, 1.54) is 7.11 Å². The number of hydrogen-bond donors (Lipinski definition) is 2. The standard InChI is InChI=1S/C22H23ClN4O4/c1-30-20-5-4-15(23)11-17(20)22(29)27-8-6-14(7-9-27)18-12-19(26-25-18)21(28)24-13-16-3-2-10-31-16/h2-5,10-12,14H,6-9,13H2,1H3,(H,24,28)(H,25,26). The van der Waals surface area contributed by atoms with Crippen LogP contribution >= 0.6 is 11.6 Å². The van der Waals surface area contributed by atoms with Crippen LogP contribution in [0, 0.1) is 0 Å². The van der Waals surface area contributed by atoms with E-state index in [1.807, 2.05) is 0 Å². The van der Waals surface area contributed by atoms with Crippen LogP contribution in [-0.4, -0.2) is 47.1 Å². The molecule has 31 heavy (non-hydrogen) atoms. The molecule has 2 amide bonds. The number of carbonyl (C=O) groups excluding carboxylic acids is 2. The largest absolute Gasteiger partial charge is 0.496 e. The number of halogens is 1. The molecule has 1 fully saturated rings. The van der Waals surface area contributed by atoms with E-state index in [9.17, 15) is 9.59 Å². The third-order valence-corrected chi connectivity index (χ3v) is 5.68. The highest BCUT2D eigenvalue weighted by Crippen LogP contribution is 2.30. The molecule has 0 saturated carbocycles. The molecule has 8 nitrogen and oxygen atoms in total. The zero-order chi connectivity index (χ0) is 21.8. The first-order chi connectivity index (χ1) is 15.0. The van der Waals surface area contributed by atoms with E-state index in [4.69, 9.17) is 20.8 Å². The van der Waals surface area contributed by atoms with Gasteiger partial charge < -0.3 is 19.4 Å². The third kappa shape index (κ3) is 4.74. The molecule has 1 aromatic carbocycles. The first-order valence-electron chi connectivity index (χ1n) is 10.0. The Morgan fingerprint density at radius 2 is 2.10 bits per heavy atom. The number of benzene rings is 1. The smallest absolute Gasteiger partial charge is 0.272 e. The molecule has 0 radical (unpaired) electrons. The molecular formula is C22H23ClN4O4. The van der Waals surface area contributed by atoms with Gasteiger partial charge in [0.05, 0.1) is 25.5 Å². The summed E-state index contributed by atoms with van der Waals surface area (Å²) in [7, 11) is 1.53. The van der Waals surface area contributed by atoms with Gasteiger partial charge >= 0.3 is 0 Å². The van der Waals surface area contributed by atoms with Crippen LogP contribution in [0.4, 0.5) is 0 Å². The van der Waals surface area contributed by atoms with Crippen LogP contribution in [0.25, 0.3) is 0 Å². The molecular weight excluding hydrogens is 420 g/mol. The fraction of sp³-hybridized carbons (Fsp3) is 0.318. The average molecular weight is 443 g/mol. The monoisotopic (exact) mass is 442 g/mol. The maximum Gasteiger partial charge on any atom is 0.272 e. The fourth-order valence-electron chi connectivity index (χ4n) is 3.74. The number of likely N-dealkylation sites (tertiary alicyclic amines) is 1. The summed E-state index contributed by atoms with van der Waals surface area (Å²) in [5.41, 5.74) is 1.70. The summed E-state index contributed by atoms with van der Waals surface area (Å²) in [6, 6.07) is 10.4. The van der Waals surface area contributed by atoms with Gasteiger partial charge in [0.15, 0.2) is 0 Å². The number of carbonyl (C=O) groups is 2. The van der Waals surface area contributed by atoms with Crippen LogP contribution in [0.5, 0.6) is 5.75 Å². The van der Waals surface area contributed by atoms with Gasteiger partial charge in [-0.2, -0.15) is 5.10 Å². The zero-order valence-electron chi connectivity index (χ0n) is 17.1. The molecule has 0 unspecified atom stereocenters. The normalized spacial score (nSPS) is 14.5. The summed E-state index contributed by atoms with van der Waals surface area (Å²) in [5.74, 6) is 1.03. The number of hydrogen-bond acceptors (Lipinski definition) is 5. The van der Waals surface area contributed by atoms with Crippen LogP contribution in [0.1, 0.15) is 51.1 Å². The maximum atomic E-state index is 12.9. The predicted molar refractivity (Wildman–Crippen MR) is 114 cm³/mol. The van der Waals surface area contributed by atoms with Gasteiger partial charge in [0.2, 0.25) is 0 Å². The summed E-state index contributed by atoms with van der Waals surface area (Å²) in [6.45, 7) is 1.50. The maximum absolute atomic E-state index is 12.9. The highest BCUT2D eigenvalue weighted by molar-refractivity contribution is 6.31. The number of aromatic nitrogens is 2. The number of furan rings is 1. The molecule has 1 saturated heterocycles. The van der Waals surface area contributed by atoms with Gasteiger partial charge in [0.25, 0.3) is 11.8 Å². The number of amides is 2. The molecule has 1 aliphatic rings. The first kappa shape index (κ1) is 21.0. The summed E-state index contributed by atoms with van der Waals surface area (Å²) in [5, 5.41) is 10.4. The predicted octanol–water partition coefficient (Wildman–Crippen LogP) is 3.61. The topological polar surface area (TPSA) is 100 Å². The highest BCUT2D eigenvalue weighted by Gasteiger charge is 2.27. The van der Waals surface area contributed by atoms with Crippen molar-refractivity contribution in [2.45, 2.75) is 25.3 Å². The number of nitrogens with one attached hydrogen (secondary N) is 2. The van der Waals surface area contributed by atoms with Gasteiger partial charge in [-0.3, -0.25) is 14.7 Å². The molecule has 3 heterocycles. The van der Waals surface area contributed by atoms with E-state index in [1.54, 1.807) is 47.6 Å². The first-order valence-corrected chi connectivity index (χ1v) is 10.4. The molecule has 3 aromatic rings. The zero-order valence-corrected chi connectivity index (χ0v) is 17.8. The van der Waals surface area contributed by atoms with E-state index in [0.717, 1.165) is 18.5 Å². The second kappa shape index (κ2) is 9.26. The van der Waals surface area contributed by atoms with Crippen molar-refractivity contribution in [3.05, 3.63) is 70.4 Å². The number of ether oxygens (including phenoxy) is 1. The third-order valence-electron chi connectivity index (χ3n) is 5.45. The number of H-pyrrole nitrogens is 1. The molecule has 4 rings (SSSR count). The van der Waals surface area contributed by atoms with Crippen molar-refractivity contribution in [2.24, 2.45) is 0 Å². The molecule has 9 heteroatoms. The Balaban J connectivity index is 1.34. The SMILES string of the molecule is COc1ccc(Cl)cc1C(=O)N1CCC(c2cc(C(=O)NCc3ccco3)n[nH]2)CC1. The van der Waals surface area contributed by atoms with Gasteiger partial charge in [-0.05, 0) is 49.2 Å². The summed E-state index contributed by atoms with van der Waals surface area (Å²) in [6.07, 6.45) is 3.10. The fourth-order valence-corrected chi connectivity index (χ4v) is 3.92. The van der Waals surface area contributed by atoms with Gasteiger partial charge in [0.1, 0.15) is 17.2 Å². The summed E-state index contributed by atoms with van der Waals surface area (Å²) < 4.78 is 10.5. The second-order valence-electron chi connectivity index (χ2n) is 7.38. The molecule has 0 spiro atoms. The van der Waals surface area contributed by atoms with Crippen LogP contribution in [-0.2, 0) is 6.54 Å². The van der Waals surface area contributed by atoms with Gasteiger partial charge in [-0.15, -0.1) is 0 Å². The second-order valence-corrected chi connectivity index (χ2v) is 7.82. The Morgan fingerprint density at radius 1 is 1.29 bits per heavy atom. The van der Waals surface area contributed by atoms with E-state index in [2.05, 4.69) is 15.5 Å². The molecule has 162 valence electrons. The Hall–Kier alpha value is -3.26. The van der Waals surface area contributed by atoms with Crippen LogP contribution < -0.4 is 10.1 Å². The number of nitrogens with zero attached hydrogens (tertiary/aromatic N) is 2. The number of piperidine rings is 1. The molecule has 2 N–H and O–H groups in total. The van der Waals surface area contributed by atoms with Crippen molar-refractivity contribution in [1.29, 1.82) is 0 Å². The molecule has 0 aliphatic carbocycles. The lowest BCUT2D eigenvalue weighted by Crippen LogP contribution is -2.38. The van der Waals surface area contributed by atoms with Crippen molar-refractivity contribution in [1.82, 2.24) is 20.4 Å². The van der Waals surface area contributed by atoms with E-state index in [-0.39, 0.29) is 17.7 Å². The Kier molecular flexibility index (Phi) is 6.27. The lowest BCUT2D eigenvalue weighted by Gasteiger charge is -2.31. The molecule has 0 atom stereocenters. The number of rotatable bonds is 6. The molecule has 1 aliphatic heterocycles. The van der Waals surface area contributed by atoms with Crippen LogP contribution in [0.2, 0.25) is 5.02 Å². The highest BCUT2D eigenvalue weighted by atomic mass is 35.5. The van der Waals surface area contributed by atoms with Crippen molar-refractivity contribution >= 4 is 23.4 Å². The van der Waals surface area contributed by atoms with Crippen molar-refractivity contribution in [3.8, 4) is 5.75 Å².